The quantitative estimate of drug-likeness (QED) is 0.321. The van der Waals surface area contributed by atoms with E-state index >= 15 is 0 Å². The highest BCUT2D eigenvalue weighted by Gasteiger charge is 2.51. The molecule has 14 heteroatoms. The first-order chi connectivity index (χ1) is 21.2. The van der Waals surface area contributed by atoms with Gasteiger partial charge in [-0.3, -0.25) is 19.1 Å². The maximum Gasteiger partial charge on any atom is 0.408 e. The van der Waals surface area contributed by atoms with Crippen molar-refractivity contribution >= 4 is 23.4 Å². The number of nitrogens with one attached hydrogen (secondary N) is 2. The Morgan fingerprint density at radius 2 is 1.76 bits per heavy atom. The van der Waals surface area contributed by atoms with E-state index in [9.17, 15) is 37.1 Å². The Labute approximate surface area is 259 Å². The smallest absolute Gasteiger partial charge is 0.408 e. The van der Waals surface area contributed by atoms with Crippen molar-refractivity contribution in [3.05, 3.63) is 41.5 Å². The summed E-state index contributed by atoms with van der Waals surface area (Å²) in [6.07, 6.45) is 2.52. The predicted molar refractivity (Wildman–Crippen MR) is 157 cm³/mol. The lowest BCUT2D eigenvalue weighted by Crippen LogP contribution is -2.46. The van der Waals surface area contributed by atoms with E-state index in [0.717, 1.165) is 12.1 Å². The molecule has 0 spiro atoms. The number of likely N-dealkylation sites (tertiary alicyclic amines) is 1. The molecule has 1 saturated heterocycles. The van der Waals surface area contributed by atoms with Crippen LogP contribution in [0.2, 0.25) is 0 Å². The van der Waals surface area contributed by atoms with Crippen LogP contribution in [0.5, 0.6) is 5.75 Å². The van der Waals surface area contributed by atoms with Crippen molar-refractivity contribution in [3.8, 4) is 5.75 Å². The maximum absolute atomic E-state index is 14.9. The zero-order chi connectivity index (χ0) is 33.1. The molecule has 3 aliphatic rings. The summed E-state index contributed by atoms with van der Waals surface area (Å²) in [5.74, 6) is -2.16. The van der Waals surface area contributed by atoms with Gasteiger partial charge >= 0.3 is 6.18 Å². The number of aliphatic hydroxyl groups excluding tert-OH is 1. The molecule has 10 nitrogen and oxygen atoms in total. The number of ether oxygens (including phenoxy) is 1. The molecule has 2 aliphatic carbocycles. The molecule has 5 rings (SSSR count). The van der Waals surface area contributed by atoms with Crippen LogP contribution in [0.15, 0.2) is 24.4 Å². The lowest BCUT2D eigenvalue weighted by Gasteiger charge is -2.29. The van der Waals surface area contributed by atoms with Crippen LogP contribution in [0.1, 0.15) is 87.3 Å². The average Bonchev–Trinajstić information content (AvgIpc) is 3.89. The Morgan fingerprint density at radius 1 is 1.11 bits per heavy atom. The standard InChI is InChI=1S/C24H29F4N5O5.C7H12/c1-12(2)33-18(5-6-30-33)22(36)29-10-21(35)31-17-9-19(38-4)15(8-16(17)25)13(3)23(37)32-11-14(34)7-20(32)24(26,27)28;1-2-6(1)5-7-3-4-7/h5-6,8-9,12-14,20,34H,7,10-11H2,1-4H3,(H,29,36)(H,31,35);6-7H,1-5H2. The molecule has 3 N–H and O–H groups in total. The molecule has 3 unspecified atom stereocenters. The molecule has 3 atom stereocenters. The molecule has 3 amide bonds. The van der Waals surface area contributed by atoms with E-state index in [2.05, 4.69) is 15.7 Å². The second-order valence-corrected chi connectivity index (χ2v) is 12.3. The summed E-state index contributed by atoms with van der Waals surface area (Å²) < 4.78 is 61.7. The lowest BCUT2D eigenvalue weighted by molar-refractivity contribution is -0.183. The first-order valence-electron chi connectivity index (χ1n) is 15.2. The fourth-order valence-electron chi connectivity index (χ4n) is 5.46. The van der Waals surface area contributed by atoms with E-state index in [0.29, 0.717) is 4.90 Å². The Hall–Kier alpha value is -3.68. The van der Waals surface area contributed by atoms with Gasteiger partial charge < -0.3 is 25.4 Å². The van der Waals surface area contributed by atoms with Crippen molar-refractivity contribution in [2.24, 2.45) is 11.8 Å². The van der Waals surface area contributed by atoms with Crippen LogP contribution < -0.4 is 15.4 Å². The lowest BCUT2D eigenvalue weighted by atomic mass is 9.97. The van der Waals surface area contributed by atoms with Crippen molar-refractivity contribution in [3.63, 3.8) is 0 Å². The highest BCUT2D eigenvalue weighted by atomic mass is 19.4. The summed E-state index contributed by atoms with van der Waals surface area (Å²) in [5.41, 5.74) is -0.117. The molecule has 1 aromatic carbocycles. The molecule has 2 saturated carbocycles. The number of carbonyl (C=O) groups excluding carboxylic acids is 3. The van der Waals surface area contributed by atoms with Gasteiger partial charge in [-0.1, -0.05) is 25.7 Å². The fourth-order valence-corrected chi connectivity index (χ4v) is 5.46. The third-order valence-corrected chi connectivity index (χ3v) is 8.23. The number of halogens is 4. The number of nitrogens with zero attached hydrogens (tertiary/aromatic N) is 3. The number of aromatic nitrogens is 2. The number of aliphatic hydroxyl groups is 1. The van der Waals surface area contributed by atoms with Gasteiger partial charge in [0.05, 0.1) is 31.4 Å². The molecular weight excluding hydrogens is 598 g/mol. The summed E-state index contributed by atoms with van der Waals surface area (Å²) in [6, 6.07) is 1.23. The first kappa shape index (κ1) is 34.2. The fraction of sp³-hybridized carbons (Fsp3) is 0.613. The monoisotopic (exact) mass is 639 g/mol. The van der Waals surface area contributed by atoms with Crippen LogP contribution >= 0.6 is 0 Å². The summed E-state index contributed by atoms with van der Waals surface area (Å²) in [7, 11) is 1.22. The van der Waals surface area contributed by atoms with E-state index in [-0.39, 0.29) is 28.7 Å². The van der Waals surface area contributed by atoms with Crippen LogP contribution in [0.3, 0.4) is 0 Å². The molecular formula is C31H41F4N5O5. The largest absolute Gasteiger partial charge is 0.496 e. The highest BCUT2D eigenvalue weighted by Crippen LogP contribution is 2.44. The van der Waals surface area contributed by atoms with E-state index in [1.165, 1.54) is 42.8 Å². The molecule has 0 bridgehead atoms. The summed E-state index contributed by atoms with van der Waals surface area (Å²) in [5, 5.41) is 18.5. The molecule has 1 aromatic heterocycles. The van der Waals surface area contributed by atoms with E-state index in [4.69, 9.17) is 4.74 Å². The number of benzene rings is 1. The van der Waals surface area contributed by atoms with Gasteiger partial charge in [0, 0.05) is 36.8 Å². The van der Waals surface area contributed by atoms with Gasteiger partial charge in [0.15, 0.2) is 0 Å². The van der Waals surface area contributed by atoms with E-state index in [1.54, 1.807) is 32.1 Å². The molecule has 248 valence electrons. The van der Waals surface area contributed by atoms with E-state index in [1.807, 2.05) is 13.8 Å². The van der Waals surface area contributed by atoms with Crippen molar-refractivity contribution in [1.29, 1.82) is 0 Å². The molecule has 45 heavy (non-hydrogen) atoms. The number of anilines is 1. The minimum Gasteiger partial charge on any atom is -0.496 e. The number of hydrogen-bond acceptors (Lipinski definition) is 6. The molecule has 1 aliphatic heterocycles. The molecule has 2 heterocycles. The number of amides is 3. The number of methoxy groups -OCH3 is 1. The van der Waals surface area contributed by atoms with Crippen molar-refractivity contribution in [1.82, 2.24) is 20.0 Å². The Bertz CT molecular complexity index is 1360. The minimum absolute atomic E-state index is 0.0365. The second-order valence-electron chi connectivity index (χ2n) is 12.3. The first-order valence-corrected chi connectivity index (χ1v) is 15.2. The van der Waals surface area contributed by atoms with Gasteiger partial charge in [-0.05, 0) is 51.2 Å². The van der Waals surface area contributed by atoms with Gasteiger partial charge in [-0.25, -0.2) is 4.39 Å². The van der Waals surface area contributed by atoms with Crippen molar-refractivity contribution < 1.29 is 41.8 Å². The molecule has 3 fully saturated rings. The van der Waals surface area contributed by atoms with Crippen LogP contribution in [0, 0.1) is 17.7 Å². The van der Waals surface area contributed by atoms with Crippen molar-refractivity contribution in [2.45, 2.75) is 89.6 Å². The van der Waals surface area contributed by atoms with Gasteiger partial charge in [0.1, 0.15) is 23.3 Å². The number of alkyl halides is 3. The second kappa shape index (κ2) is 14.2. The predicted octanol–water partition coefficient (Wildman–Crippen LogP) is 4.80. The third kappa shape index (κ3) is 8.95. The van der Waals surface area contributed by atoms with E-state index < -0.39 is 67.3 Å². The van der Waals surface area contributed by atoms with Gasteiger partial charge in [-0.2, -0.15) is 18.3 Å². The molecule has 0 radical (unpaired) electrons. The van der Waals surface area contributed by atoms with Crippen LogP contribution in [0.25, 0.3) is 0 Å². The summed E-state index contributed by atoms with van der Waals surface area (Å²) in [4.78, 5) is 38.2. The number of rotatable bonds is 10. The van der Waals surface area contributed by atoms with Crippen LogP contribution in [0.4, 0.5) is 23.2 Å². The van der Waals surface area contributed by atoms with Crippen molar-refractivity contribution in [2.75, 3.05) is 25.5 Å². The maximum atomic E-state index is 14.9. The van der Waals surface area contributed by atoms with Crippen LogP contribution in [-0.2, 0) is 9.59 Å². The number of β-amino-alcohol motifs (C(OH)–C–C–N with tert-alkyl or cyclic N) is 1. The summed E-state index contributed by atoms with van der Waals surface area (Å²) in [6.45, 7) is 3.96. The Kier molecular flexibility index (Phi) is 10.8. The zero-order valence-electron chi connectivity index (χ0n) is 25.9. The topological polar surface area (TPSA) is 126 Å². The number of carbonyl (C=O) groups is 3. The van der Waals surface area contributed by atoms with Gasteiger partial charge in [0.25, 0.3) is 5.91 Å². The molecule has 2 aromatic rings. The SMILES string of the molecule is C1CC1CC1CC1.COc1cc(NC(=O)CNC(=O)c2ccnn2C(C)C)c(F)cc1C(C)C(=O)N1CC(O)CC1C(F)(F)F. The van der Waals surface area contributed by atoms with Crippen LogP contribution in [-0.4, -0.2) is 76.0 Å². The van der Waals surface area contributed by atoms with Gasteiger partial charge in [-0.15, -0.1) is 0 Å². The van der Waals surface area contributed by atoms with Gasteiger partial charge in [0.2, 0.25) is 11.8 Å². The zero-order valence-corrected chi connectivity index (χ0v) is 25.9. The highest BCUT2D eigenvalue weighted by molar-refractivity contribution is 5.98. The number of hydrogen-bond donors (Lipinski definition) is 3. The normalized spacial score (nSPS) is 20.4. The summed E-state index contributed by atoms with van der Waals surface area (Å²) >= 11 is 0. The third-order valence-electron chi connectivity index (χ3n) is 8.23. The minimum atomic E-state index is -4.74. The Balaban J connectivity index is 0.000000569. The Morgan fingerprint density at radius 3 is 2.31 bits per heavy atom. The average molecular weight is 640 g/mol.